The molecule has 8 heteroatoms. The highest BCUT2D eigenvalue weighted by Crippen LogP contribution is 2.40. The third kappa shape index (κ3) is 3.58. The molecule has 0 saturated heterocycles. The maximum atomic E-state index is 12.4. The number of nitrogens with one attached hydrogen (secondary N) is 1. The second-order valence-electron chi connectivity index (χ2n) is 5.09. The Morgan fingerprint density at radius 1 is 1.35 bits per heavy atom. The highest BCUT2D eigenvalue weighted by Gasteiger charge is 2.29. The molecule has 0 radical (unpaired) electrons. The first-order valence-corrected chi connectivity index (χ1v) is 6.97. The molecule has 1 amide bonds. The number of rotatable bonds is 6. The van der Waals surface area contributed by atoms with E-state index < -0.39 is 12.5 Å². The van der Waals surface area contributed by atoms with Gasteiger partial charge in [0.1, 0.15) is 5.76 Å². The number of anilines is 1. The van der Waals surface area contributed by atoms with Crippen molar-refractivity contribution in [2.45, 2.75) is 25.4 Å². The number of benzene rings is 1. The molecule has 1 aromatic heterocycles. The number of carbonyl (C=O) groups excluding carboxylic acids is 1. The largest absolute Gasteiger partial charge is 0.493 e. The summed E-state index contributed by atoms with van der Waals surface area (Å²) in [6.45, 7) is -2.99. The van der Waals surface area contributed by atoms with Gasteiger partial charge in [-0.1, -0.05) is 5.16 Å². The van der Waals surface area contributed by atoms with E-state index in [1.165, 1.54) is 25.3 Å². The van der Waals surface area contributed by atoms with Gasteiger partial charge in [0.15, 0.2) is 17.2 Å². The van der Waals surface area contributed by atoms with Crippen molar-refractivity contribution in [1.29, 1.82) is 0 Å². The maximum Gasteiger partial charge on any atom is 0.387 e. The lowest BCUT2D eigenvalue weighted by Gasteiger charge is -2.11. The second kappa shape index (κ2) is 6.23. The van der Waals surface area contributed by atoms with E-state index in [0.717, 1.165) is 12.8 Å². The van der Waals surface area contributed by atoms with Crippen molar-refractivity contribution in [3.63, 3.8) is 0 Å². The average molecular weight is 324 g/mol. The van der Waals surface area contributed by atoms with Crippen LogP contribution in [-0.4, -0.2) is 24.8 Å². The molecule has 3 rings (SSSR count). The van der Waals surface area contributed by atoms with Gasteiger partial charge in [0.2, 0.25) is 0 Å². The molecular weight excluding hydrogens is 310 g/mol. The first-order chi connectivity index (χ1) is 11.1. The number of aromatic nitrogens is 1. The molecular formula is C15H14F2N2O4. The molecule has 0 bridgehead atoms. The van der Waals surface area contributed by atoms with E-state index in [1.807, 2.05) is 0 Å². The Bertz CT molecular complexity index is 713. The number of nitrogens with zero attached hydrogens (tertiary/aromatic N) is 1. The molecule has 6 nitrogen and oxygen atoms in total. The number of methoxy groups -OCH3 is 1. The van der Waals surface area contributed by atoms with Gasteiger partial charge in [-0.2, -0.15) is 8.78 Å². The molecule has 0 spiro atoms. The first kappa shape index (κ1) is 15.3. The van der Waals surface area contributed by atoms with Crippen molar-refractivity contribution in [3.8, 4) is 11.5 Å². The zero-order chi connectivity index (χ0) is 16.4. The minimum atomic E-state index is -2.99. The Morgan fingerprint density at radius 3 is 2.78 bits per heavy atom. The van der Waals surface area contributed by atoms with Gasteiger partial charge < -0.3 is 19.3 Å². The fourth-order valence-corrected chi connectivity index (χ4v) is 2.09. The van der Waals surface area contributed by atoms with Crippen LogP contribution in [0.2, 0.25) is 0 Å². The van der Waals surface area contributed by atoms with Crippen LogP contribution in [0.1, 0.15) is 35.0 Å². The van der Waals surface area contributed by atoms with Gasteiger partial charge in [-0.25, -0.2) is 0 Å². The van der Waals surface area contributed by atoms with E-state index in [2.05, 4.69) is 15.2 Å². The number of hydrogen-bond donors (Lipinski definition) is 1. The zero-order valence-corrected chi connectivity index (χ0v) is 12.2. The van der Waals surface area contributed by atoms with Crippen LogP contribution >= 0.6 is 0 Å². The SMILES string of the molecule is COc1ccc(NC(=O)c2cc(C3CC3)on2)cc1OC(F)F. The summed E-state index contributed by atoms with van der Waals surface area (Å²) >= 11 is 0. The number of hydrogen-bond acceptors (Lipinski definition) is 5. The minimum Gasteiger partial charge on any atom is -0.493 e. The quantitative estimate of drug-likeness (QED) is 0.881. The predicted molar refractivity (Wildman–Crippen MR) is 76.1 cm³/mol. The predicted octanol–water partition coefficient (Wildman–Crippen LogP) is 3.41. The van der Waals surface area contributed by atoms with E-state index in [4.69, 9.17) is 9.26 Å². The number of carbonyl (C=O) groups is 1. The number of alkyl halides is 2. The molecule has 23 heavy (non-hydrogen) atoms. The average Bonchev–Trinajstić information content (AvgIpc) is 3.24. The first-order valence-electron chi connectivity index (χ1n) is 6.97. The van der Waals surface area contributed by atoms with Crippen LogP contribution in [0.25, 0.3) is 0 Å². The summed E-state index contributed by atoms with van der Waals surface area (Å²) in [5.41, 5.74) is 0.418. The Kier molecular flexibility index (Phi) is 4.14. The molecule has 1 heterocycles. The normalized spacial score (nSPS) is 13.9. The molecule has 0 aliphatic heterocycles. The van der Waals surface area contributed by atoms with Crippen LogP contribution in [-0.2, 0) is 0 Å². The molecule has 1 aliphatic rings. The van der Waals surface area contributed by atoms with Crippen molar-refractivity contribution in [2.24, 2.45) is 0 Å². The highest BCUT2D eigenvalue weighted by atomic mass is 19.3. The van der Waals surface area contributed by atoms with Crippen molar-refractivity contribution in [1.82, 2.24) is 5.16 Å². The molecule has 1 fully saturated rings. The van der Waals surface area contributed by atoms with Crippen molar-refractivity contribution in [2.75, 3.05) is 12.4 Å². The van der Waals surface area contributed by atoms with Gasteiger partial charge in [0.25, 0.3) is 5.91 Å². The van der Waals surface area contributed by atoms with Crippen LogP contribution in [0.5, 0.6) is 11.5 Å². The Balaban J connectivity index is 1.74. The van der Waals surface area contributed by atoms with Gasteiger partial charge in [0.05, 0.1) is 7.11 Å². The molecule has 1 N–H and O–H groups in total. The monoisotopic (exact) mass is 324 g/mol. The fraction of sp³-hybridized carbons (Fsp3) is 0.333. The van der Waals surface area contributed by atoms with Gasteiger partial charge in [-0.15, -0.1) is 0 Å². The molecule has 1 saturated carbocycles. The van der Waals surface area contributed by atoms with Crippen LogP contribution in [0.3, 0.4) is 0 Å². The van der Waals surface area contributed by atoms with Crippen LogP contribution in [0, 0.1) is 0 Å². The second-order valence-corrected chi connectivity index (χ2v) is 5.09. The summed E-state index contributed by atoms with van der Waals surface area (Å²) in [6, 6.07) is 5.78. The van der Waals surface area contributed by atoms with E-state index >= 15 is 0 Å². The minimum absolute atomic E-state index is 0.138. The fourth-order valence-electron chi connectivity index (χ4n) is 2.09. The van der Waals surface area contributed by atoms with Gasteiger partial charge in [-0.3, -0.25) is 4.79 Å². The molecule has 1 aliphatic carbocycles. The van der Waals surface area contributed by atoms with Crippen LogP contribution < -0.4 is 14.8 Å². The van der Waals surface area contributed by atoms with Gasteiger partial charge in [0, 0.05) is 23.7 Å². The Morgan fingerprint density at radius 2 is 2.13 bits per heavy atom. The summed E-state index contributed by atoms with van der Waals surface area (Å²) in [4.78, 5) is 12.1. The summed E-state index contributed by atoms with van der Waals surface area (Å²) in [6.07, 6.45) is 2.06. The number of halogens is 2. The summed E-state index contributed by atoms with van der Waals surface area (Å²) in [7, 11) is 1.33. The number of ether oxygens (including phenoxy) is 2. The zero-order valence-electron chi connectivity index (χ0n) is 12.2. The Labute approximate surface area is 130 Å². The van der Waals surface area contributed by atoms with Crippen molar-refractivity contribution < 1.29 is 27.6 Å². The van der Waals surface area contributed by atoms with Crippen molar-refractivity contribution >= 4 is 11.6 Å². The molecule has 2 aromatic rings. The molecule has 1 aromatic carbocycles. The molecule has 0 unspecified atom stereocenters. The lowest BCUT2D eigenvalue weighted by molar-refractivity contribution is -0.0511. The van der Waals surface area contributed by atoms with E-state index in [1.54, 1.807) is 6.07 Å². The van der Waals surface area contributed by atoms with Crippen LogP contribution in [0.4, 0.5) is 14.5 Å². The third-order valence-electron chi connectivity index (χ3n) is 3.38. The maximum absolute atomic E-state index is 12.4. The van der Waals surface area contributed by atoms with E-state index in [-0.39, 0.29) is 22.9 Å². The smallest absolute Gasteiger partial charge is 0.387 e. The summed E-state index contributed by atoms with van der Waals surface area (Å²) in [5, 5.41) is 6.27. The standard InChI is InChI=1S/C15H14F2N2O4/c1-21-11-5-4-9(6-13(11)22-15(16)17)18-14(20)10-7-12(23-19-10)8-2-3-8/h4-8,15H,2-3H2,1H3,(H,18,20). The Hall–Kier alpha value is -2.64. The lowest BCUT2D eigenvalue weighted by Crippen LogP contribution is -2.12. The molecule has 122 valence electrons. The summed E-state index contributed by atoms with van der Waals surface area (Å²) in [5.74, 6) is 0.511. The van der Waals surface area contributed by atoms with Gasteiger partial charge in [-0.05, 0) is 25.0 Å². The van der Waals surface area contributed by atoms with Crippen molar-refractivity contribution in [3.05, 3.63) is 35.7 Å². The highest BCUT2D eigenvalue weighted by molar-refractivity contribution is 6.03. The third-order valence-corrected chi connectivity index (χ3v) is 3.38. The van der Waals surface area contributed by atoms with Crippen LogP contribution in [0.15, 0.2) is 28.8 Å². The topological polar surface area (TPSA) is 73.6 Å². The lowest BCUT2D eigenvalue weighted by atomic mass is 10.2. The van der Waals surface area contributed by atoms with E-state index in [9.17, 15) is 13.6 Å². The summed E-state index contributed by atoms with van der Waals surface area (Å²) < 4.78 is 39.2. The molecule has 0 atom stereocenters. The van der Waals surface area contributed by atoms with Gasteiger partial charge >= 0.3 is 6.61 Å². The van der Waals surface area contributed by atoms with E-state index in [0.29, 0.717) is 11.7 Å². The number of amides is 1.